The van der Waals surface area contributed by atoms with Crippen LogP contribution in [0.15, 0.2) is 47.6 Å². The second-order valence-electron chi connectivity index (χ2n) is 7.22. The molecule has 0 aromatic heterocycles. The van der Waals surface area contributed by atoms with Crippen LogP contribution in [0.25, 0.3) is 0 Å². The zero-order valence-electron chi connectivity index (χ0n) is 17.1. The molecule has 0 spiro atoms. The third kappa shape index (κ3) is 5.01. The van der Waals surface area contributed by atoms with Crippen molar-refractivity contribution >= 4 is 17.3 Å². The lowest BCUT2D eigenvalue weighted by molar-refractivity contribution is 0.100. The SMILES string of the molecule is CN/N=C(/C)C(=N)C1CCCN1Cc1ccc(Oc2ccc(C(N)=O)cc2)c(F)c1. The number of carbonyl (C=O) groups is 1. The molecule has 1 unspecified atom stereocenters. The third-order valence-corrected chi connectivity index (χ3v) is 5.11. The van der Waals surface area contributed by atoms with Crippen LogP contribution in [0.4, 0.5) is 4.39 Å². The van der Waals surface area contributed by atoms with E-state index < -0.39 is 11.7 Å². The Balaban J connectivity index is 1.68. The van der Waals surface area contributed by atoms with Crippen LogP contribution in [0.3, 0.4) is 0 Å². The Morgan fingerprint density at radius 1 is 1.33 bits per heavy atom. The quantitative estimate of drug-likeness (QED) is 0.458. The van der Waals surface area contributed by atoms with Crippen LogP contribution in [0.1, 0.15) is 35.7 Å². The molecule has 0 saturated carbocycles. The number of hydrogen-bond donors (Lipinski definition) is 3. The van der Waals surface area contributed by atoms with Crippen LogP contribution >= 0.6 is 0 Å². The average Bonchev–Trinajstić information content (AvgIpc) is 3.18. The van der Waals surface area contributed by atoms with E-state index in [1.807, 2.05) is 13.0 Å². The number of nitrogens with two attached hydrogens (primary N) is 1. The summed E-state index contributed by atoms with van der Waals surface area (Å²) in [6.07, 6.45) is 1.88. The van der Waals surface area contributed by atoms with Gasteiger partial charge in [0.2, 0.25) is 5.91 Å². The summed E-state index contributed by atoms with van der Waals surface area (Å²) in [5, 5.41) is 12.5. The predicted octanol–water partition coefficient (Wildman–Crippen LogP) is 3.30. The maximum absolute atomic E-state index is 14.6. The van der Waals surface area contributed by atoms with Crippen molar-refractivity contribution in [2.45, 2.75) is 32.4 Å². The Hall–Kier alpha value is -3.26. The van der Waals surface area contributed by atoms with Gasteiger partial charge in [-0.3, -0.25) is 9.69 Å². The number of nitrogens with one attached hydrogen (secondary N) is 2. The van der Waals surface area contributed by atoms with E-state index in [1.54, 1.807) is 25.2 Å². The highest BCUT2D eigenvalue weighted by Gasteiger charge is 2.29. The molecule has 1 fully saturated rings. The summed E-state index contributed by atoms with van der Waals surface area (Å²) < 4.78 is 20.2. The van der Waals surface area contributed by atoms with Crippen LogP contribution in [0, 0.1) is 11.2 Å². The summed E-state index contributed by atoms with van der Waals surface area (Å²) in [7, 11) is 1.71. The molecule has 2 aromatic rings. The first kappa shape index (κ1) is 21.4. The largest absolute Gasteiger partial charge is 0.454 e. The number of benzene rings is 2. The standard InChI is InChI=1S/C22H26FN5O2/c1-14(27-26-2)21(24)19-4-3-11-28(19)13-15-5-10-20(18(23)12-15)30-17-8-6-16(7-9-17)22(25)29/h5-10,12,19,24,26H,3-4,11,13H2,1-2H3,(H2,25,29)/b24-21?,27-14-. The van der Waals surface area contributed by atoms with Gasteiger partial charge in [0.15, 0.2) is 11.6 Å². The van der Waals surface area contributed by atoms with E-state index >= 15 is 0 Å². The summed E-state index contributed by atoms with van der Waals surface area (Å²) in [6.45, 7) is 3.22. The topological polar surface area (TPSA) is 104 Å². The zero-order chi connectivity index (χ0) is 21.7. The molecule has 158 valence electrons. The molecule has 2 aromatic carbocycles. The molecule has 0 radical (unpaired) electrons. The van der Waals surface area contributed by atoms with Crippen molar-refractivity contribution in [3.63, 3.8) is 0 Å². The van der Waals surface area contributed by atoms with Gasteiger partial charge in [0, 0.05) is 19.2 Å². The first-order valence-electron chi connectivity index (χ1n) is 9.79. The summed E-state index contributed by atoms with van der Waals surface area (Å²) >= 11 is 0. The second-order valence-corrected chi connectivity index (χ2v) is 7.22. The lowest BCUT2D eigenvalue weighted by Gasteiger charge is -2.25. The fourth-order valence-electron chi connectivity index (χ4n) is 3.59. The van der Waals surface area contributed by atoms with E-state index in [0.717, 1.165) is 24.9 Å². The number of rotatable bonds is 8. The maximum Gasteiger partial charge on any atom is 0.248 e. The van der Waals surface area contributed by atoms with Gasteiger partial charge in [-0.1, -0.05) is 6.07 Å². The number of nitrogens with zero attached hydrogens (tertiary/aromatic N) is 2. The molecule has 1 heterocycles. The Morgan fingerprint density at radius 3 is 2.70 bits per heavy atom. The van der Waals surface area contributed by atoms with Gasteiger partial charge in [-0.15, -0.1) is 0 Å². The maximum atomic E-state index is 14.6. The molecule has 1 atom stereocenters. The van der Waals surface area contributed by atoms with Gasteiger partial charge >= 0.3 is 0 Å². The minimum absolute atomic E-state index is 0.0233. The Bertz CT molecular complexity index is 959. The molecule has 8 heteroatoms. The van der Waals surface area contributed by atoms with Crippen LogP contribution in [0.2, 0.25) is 0 Å². The molecular weight excluding hydrogens is 385 g/mol. The molecule has 3 rings (SSSR count). The summed E-state index contributed by atoms with van der Waals surface area (Å²) in [5.74, 6) is -0.477. The fourth-order valence-corrected chi connectivity index (χ4v) is 3.59. The molecule has 30 heavy (non-hydrogen) atoms. The van der Waals surface area contributed by atoms with Gasteiger partial charge in [-0.25, -0.2) is 4.39 Å². The predicted molar refractivity (Wildman–Crippen MR) is 115 cm³/mol. The van der Waals surface area contributed by atoms with E-state index in [-0.39, 0.29) is 11.8 Å². The van der Waals surface area contributed by atoms with Gasteiger partial charge < -0.3 is 21.3 Å². The number of likely N-dealkylation sites (tertiary alicyclic amines) is 1. The van der Waals surface area contributed by atoms with Crippen LogP contribution in [-0.2, 0) is 6.54 Å². The summed E-state index contributed by atoms with van der Waals surface area (Å²) in [5.41, 5.74) is 10.3. The number of primary amides is 1. The number of carbonyl (C=O) groups excluding carboxylic acids is 1. The average molecular weight is 411 g/mol. The monoisotopic (exact) mass is 411 g/mol. The lowest BCUT2D eigenvalue weighted by atomic mass is 10.1. The Labute approximate surface area is 175 Å². The molecule has 0 bridgehead atoms. The molecule has 0 aliphatic carbocycles. The fraction of sp³-hybridized carbons (Fsp3) is 0.318. The van der Waals surface area contributed by atoms with E-state index in [0.29, 0.717) is 29.3 Å². The number of hydrogen-bond acceptors (Lipinski definition) is 6. The molecule has 1 aliphatic rings. The molecular formula is C22H26FN5O2. The first-order chi connectivity index (χ1) is 14.4. The number of amides is 1. The minimum atomic E-state index is -0.530. The van der Waals surface area contributed by atoms with Crippen molar-refractivity contribution in [3.05, 3.63) is 59.4 Å². The normalized spacial score (nSPS) is 17.0. The van der Waals surface area contributed by atoms with Crippen molar-refractivity contribution in [3.8, 4) is 11.5 Å². The van der Waals surface area contributed by atoms with E-state index in [4.69, 9.17) is 15.9 Å². The van der Waals surface area contributed by atoms with Gasteiger partial charge in [0.25, 0.3) is 0 Å². The van der Waals surface area contributed by atoms with Crippen LogP contribution < -0.4 is 15.9 Å². The second kappa shape index (κ2) is 9.49. The first-order valence-corrected chi connectivity index (χ1v) is 9.79. The minimum Gasteiger partial charge on any atom is -0.454 e. The van der Waals surface area contributed by atoms with Crippen LogP contribution in [0.5, 0.6) is 11.5 Å². The summed E-state index contributed by atoms with van der Waals surface area (Å²) in [4.78, 5) is 13.3. The van der Waals surface area contributed by atoms with Crippen molar-refractivity contribution in [2.24, 2.45) is 10.8 Å². The Morgan fingerprint density at radius 2 is 2.07 bits per heavy atom. The lowest BCUT2D eigenvalue weighted by Crippen LogP contribution is -2.38. The number of halogens is 1. The van der Waals surface area contributed by atoms with E-state index in [1.165, 1.54) is 18.2 Å². The molecule has 4 N–H and O–H groups in total. The van der Waals surface area contributed by atoms with Crippen molar-refractivity contribution in [1.82, 2.24) is 10.3 Å². The van der Waals surface area contributed by atoms with Crippen molar-refractivity contribution in [2.75, 3.05) is 13.6 Å². The van der Waals surface area contributed by atoms with Gasteiger partial charge in [0.05, 0.1) is 17.5 Å². The molecule has 1 saturated heterocycles. The zero-order valence-corrected chi connectivity index (χ0v) is 17.1. The number of ether oxygens (including phenoxy) is 1. The highest BCUT2D eigenvalue weighted by Crippen LogP contribution is 2.27. The molecule has 1 amide bonds. The van der Waals surface area contributed by atoms with Gasteiger partial charge in [0.1, 0.15) is 5.75 Å². The number of hydrazone groups is 1. The molecule has 7 nitrogen and oxygen atoms in total. The van der Waals surface area contributed by atoms with Crippen LogP contribution in [-0.4, -0.2) is 41.9 Å². The smallest absolute Gasteiger partial charge is 0.248 e. The van der Waals surface area contributed by atoms with E-state index in [9.17, 15) is 9.18 Å². The summed E-state index contributed by atoms with van der Waals surface area (Å²) in [6, 6.07) is 11.1. The highest BCUT2D eigenvalue weighted by atomic mass is 19.1. The van der Waals surface area contributed by atoms with Crippen molar-refractivity contribution in [1.29, 1.82) is 5.41 Å². The van der Waals surface area contributed by atoms with E-state index in [2.05, 4.69) is 15.4 Å². The Kier molecular flexibility index (Phi) is 6.79. The molecule has 1 aliphatic heterocycles. The van der Waals surface area contributed by atoms with Crippen molar-refractivity contribution < 1.29 is 13.9 Å². The van der Waals surface area contributed by atoms with Gasteiger partial charge in [-0.05, 0) is 68.3 Å². The highest BCUT2D eigenvalue weighted by molar-refractivity contribution is 6.42. The third-order valence-electron chi connectivity index (χ3n) is 5.11. The van der Waals surface area contributed by atoms with Gasteiger partial charge in [-0.2, -0.15) is 5.10 Å².